The van der Waals surface area contributed by atoms with E-state index in [1.807, 2.05) is 36.4 Å². The molecule has 2 aliphatic heterocycles. The fourth-order valence-corrected chi connectivity index (χ4v) is 6.23. The molecule has 4 nitrogen and oxygen atoms in total. The van der Waals surface area contributed by atoms with Crippen molar-refractivity contribution in [2.45, 2.75) is 6.17 Å². The second-order valence-corrected chi connectivity index (χ2v) is 11.1. The molecule has 4 heteroatoms. The van der Waals surface area contributed by atoms with Crippen molar-refractivity contribution in [3.63, 3.8) is 0 Å². The second kappa shape index (κ2) is 11.2. The molecule has 2 N–H and O–H groups in total. The lowest BCUT2D eigenvalue weighted by atomic mass is 9.91. The first kappa shape index (κ1) is 25.9. The van der Waals surface area contributed by atoms with E-state index in [9.17, 15) is 0 Å². The Hall–Kier alpha value is -5.74. The van der Waals surface area contributed by atoms with Crippen molar-refractivity contribution in [2.75, 3.05) is 11.9 Å². The fraction of sp³-hybridized carbons (Fsp3) is 0.0500. The Kier molecular flexibility index (Phi) is 6.58. The van der Waals surface area contributed by atoms with Gasteiger partial charge in [-0.3, -0.25) is 0 Å². The van der Waals surface area contributed by atoms with Crippen LogP contribution in [0.1, 0.15) is 28.4 Å². The standard InChI is InChI=1S/C40H30N4/c1-3-11-30(12-4-1)38-42-39(31-13-5-2-6-14-31)44-40(43-38)35-19-8-16-29-15-7-18-33(37(29)35)28-24-22-27(23-25-28)32-17-9-21-36-34(32)20-10-26-41-36/h1-25,40-41H,26H2,(H,42,43,44). The van der Waals surface area contributed by atoms with Gasteiger partial charge in [0.05, 0.1) is 0 Å². The molecule has 0 aliphatic carbocycles. The third kappa shape index (κ3) is 4.77. The van der Waals surface area contributed by atoms with E-state index in [-0.39, 0.29) is 0 Å². The number of rotatable bonds is 5. The van der Waals surface area contributed by atoms with Gasteiger partial charge in [0, 0.05) is 34.5 Å². The largest absolute Gasteiger partial charge is 0.381 e. The maximum absolute atomic E-state index is 5.18. The van der Waals surface area contributed by atoms with Crippen molar-refractivity contribution in [3.8, 4) is 22.3 Å². The van der Waals surface area contributed by atoms with Crippen LogP contribution in [0.2, 0.25) is 0 Å². The summed E-state index contributed by atoms with van der Waals surface area (Å²) < 4.78 is 0. The molecule has 0 saturated carbocycles. The van der Waals surface area contributed by atoms with Gasteiger partial charge in [0.15, 0.2) is 6.17 Å². The third-order valence-corrected chi connectivity index (χ3v) is 8.36. The molecule has 44 heavy (non-hydrogen) atoms. The van der Waals surface area contributed by atoms with Crippen LogP contribution >= 0.6 is 0 Å². The predicted molar refractivity (Wildman–Crippen MR) is 184 cm³/mol. The quantitative estimate of drug-likeness (QED) is 0.219. The van der Waals surface area contributed by atoms with E-state index >= 15 is 0 Å². The van der Waals surface area contributed by atoms with Crippen LogP contribution in [0.25, 0.3) is 39.1 Å². The van der Waals surface area contributed by atoms with Crippen LogP contribution in [0.5, 0.6) is 0 Å². The smallest absolute Gasteiger partial charge is 0.170 e. The van der Waals surface area contributed by atoms with E-state index in [4.69, 9.17) is 9.98 Å². The van der Waals surface area contributed by atoms with E-state index in [0.29, 0.717) is 0 Å². The van der Waals surface area contributed by atoms with E-state index in [2.05, 4.69) is 126 Å². The normalized spacial score (nSPS) is 14.3. The summed E-state index contributed by atoms with van der Waals surface area (Å²) in [7, 11) is 0. The van der Waals surface area contributed by atoms with Gasteiger partial charge in [0.25, 0.3) is 0 Å². The van der Waals surface area contributed by atoms with Gasteiger partial charge in [-0.15, -0.1) is 0 Å². The Bertz CT molecular complexity index is 2010. The highest BCUT2D eigenvalue weighted by molar-refractivity contribution is 6.16. The van der Waals surface area contributed by atoms with Gasteiger partial charge < -0.3 is 10.6 Å². The maximum Gasteiger partial charge on any atom is 0.170 e. The molecule has 2 aliphatic rings. The minimum Gasteiger partial charge on any atom is -0.381 e. The molecule has 0 fully saturated rings. The number of nitrogens with one attached hydrogen (secondary N) is 2. The van der Waals surface area contributed by atoms with Gasteiger partial charge in [0.2, 0.25) is 0 Å². The molecule has 0 radical (unpaired) electrons. The maximum atomic E-state index is 5.18. The molecule has 8 rings (SSSR count). The average Bonchev–Trinajstić information content (AvgIpc) is 3.11. The number of amidine groups is 2. The molecule has 0 unspecified atom stereocenters. The van der Waals surface area contributed by atoms with Crippen LogP contribution in [-0.2, 0) is 0 Å². The first-order chi connectivity index (χ1) is 21.8. The van der Waals surface area contributed by atoms with Crippen molar-refractivity contribution in [1.82, 2.24) is 5.32 Å². The van der Waals surface area contributed by atoms with Crippen LogP contribution in [-0.4, -0.2) is 18.2 Å². The van der Waals surface area contributed by atoms with E-state index < -0.39 is 6.17 Å². The topological polar surface area (TPSA) is 48.8 Å². The second-order valence-electron chi connectivity index (χ2n) is 11.1. The molecule has 210 valence electrons. The van der Waals surface area contributed by atoms with Crippen LogP contribution < -0.4 is 10.6 Å². The van der Waals surface area contributed by atoms with Crippen molar-refractivity contribution in [1.29, 1.82) is 0 Å². The summed E-state index contributed by atoms with van der Waals surface area (Å²) in [5.74, 6) is 1.64. The van der Waals surface area contributed by atoms with Gasteiger partial charge in [-0.25, -0.2) is 9.98 Å². The summed E-state index contributed by atoms with van der Waals surface area (Å²) in [6, 6.07) is 49.0. The Morgan fingerprint density at radius 2 is 1.11 bits per heavy atom. The molecule has 6 aromatic carbocycles. The zero-order valence-electron chi connectivity index (χ0n) is 24.1. The lowest BCUT2D eigenvalue weighted by Crippen LogP contribution is -2.36. The molecule has 0 amide bonds. The number of hydrogen-bond donors (Lipinski definition) is 2. The highest BCUT2D eigenvalue weighted by Crippen LogP contribution is 2.38. The number of hydrogen-bond acceptors (Lipinski definition) is 4. The molecular weight excluding hydrogens is 536 g/mol. The summed E-state index contributed by atoms with van der Waals surface area (Å²) in [5.41, 5.74) is 10.3. The number of fused-ring (bicyclic) bond motifs is 2. The third-order valence-electron chi connectivity index (χ3n) is 8.36. The van der Waals surface area contributed by atoms with Crippen LogP contribution in [0, 0.1) is 0 Å². The lowest BCUT2D eigenvalue weighted by molar-refractivity contribution is 0.762. The van der Waals surface area contributed by atoms with Gasteiger partial charge in [-0.1, -0.05) is 146 Å². The van der Waals surface area contributed by atoms with Crippen LogP contribution in [0.15, 0.2) is 156 Å². The first-order valence-corrected chi connectivity index (χ1v) is 15.0. The summed E-state index contributed by atoms with van der Waals surface area (Å²) >= 11 is 0. The lowest BCUT2D eigenvalue weighted by Gasteiger charge is -2.24. The number of benzene rings is 6. The van der Waals surface area contributed by atoms with Gasteiger partial charge >= 0.3 is 0 Å². The SMILES string of the molecule is C1=Cc2c(cccc2-c2ccc(-c3cccc4cccc(C5N=C(c6ccccc6)NC(c6ccccc6)=N5)c34)cc2)NC1. The summed E-state index contributed by atoms with van der Waals surface area (Å²) in [6.07, 6.45) is 4.00. The monoisotopic (exact) mass is 566 g/mol. The molecule has 0 bridgehead atoms. The zero-order chi connectivity index (χ0) is 29.3. The summed E-state index contributed by atoms with van der Waals surface area (Å²) in [4.78, 5) is 10.4. The number of aliphatic imine (C=N–C) groups is 2. The Morgan fingerprint density at radius 1 is 0.523 bits per heavy atom. The van der Waals surface area contributed by atoms with Gasteiger partial charge in [0.1, 0.15) is 11.7 Å². The molecule has 0 aromatic heterocycles. The van der Waals surface area contributed by atoms with Gasteiger partial charge in [-0.05, 0) is 39.1 Å². The fourth-order valence-electron chi connectivity index (χ4n) is 6.23. The highest BCUT2D eigenvalue weighted by atomic mass is 15.2. The van der Waals surface area contributed by atoms with Crippen molar-refractivity contribution in [2.24, 2.45) is 9.98 Å². The minimum absolute atomic E-state index is 0.402. The van der Waals surface area contributed by atoms with Crippen LogP contribution in [0.4, 0.5) is 5.69 Å². The molecule has 0 saturated heterocycles. The number of nitrogens with zero attached hydrogens (tertiary/aromatic N) is 2. The Morgan fingerprint density at radius 3 is 1.80 bits per heavy atom. The van der Waals surface area contributed by atoms with Crippen molar-refractivity contribution in [3.05, 3.63) is 168 Å². The van der Waals surface area contributed by atoms with Crippen molar-refractivity contribution < 1.29 is 0 Å². The predicted octanol–water partition coefficient (Wildman–Crippen LogP) is 9.11. The van der Waals surface area contributed by atoms with Crippen molar-refractivity contribution >= 4 is 34.2 Å². The van der Waals surface area contributed by atoms with Crippen LogP contribution in [0.3, 0.4) is 0 Å². The summed E-state index contributed by atoms with van der Waals surface area (Å²) in [5, 5.41) is 9.34. The molecule has 2 heterocycles. The minimum atomic E-state index is -0.402. The van der Waals surface area contributed by atoms with E-state index in [1.165, 1.54) is 44.3 Å². The Balaban J connectivity index is 1.25. The molecule has 0 atom stereocenters. The van der Waals surface area contributed by atoms with E-state index in [0.717, 1.165) is 34.9 Å². The van der Waals surface area contributed by atoms with E-state index in [1.54, 1.807) is 0 Å². The van der Waals surface area contributed by atoms with Gasteiger partial charge in [-0.2, -0.15) is 0 Å². The highest BCUT2D eigenvalue weighted by Gasteiger charge is 2.23. The first-order valence-electron chi connectivity index (χ1n) is 15.0. The molecule has 0 spiro atoms. The Labute approximate surface area is 257 Å². The average molecular weight is 567 g/mol. The summed E-state index contributed by atoms with van der Waals surface area (Å²) in [6.45, 7) is 0.865. The zero-order valence-corrected chi connectivity index (χ0v) is 24.1. The molecular formula is C40H30N4. The number of anilines is 1. The molecule has 6 aromatic rings.